The molecule has 5 rings (SSSR count). The standard InChI is InChI=1S/C27H30N4O5/c1-33-20-9-7-19(8-10-20)17-25(32)31-12-11-22-21(18-31)26(36-24-6-4-3-5-23(24)34-2)29-27(28-22)30-13-15-35-16-14-30/h3-10H,11-18H2,1-2H3. The van der Waals surface area contributed by atoms with Crippen molar-refractivity contribution in [3.63, 3.8) is 0 Å². The number of amides is 1. The Morgan fingerprint density at radius 1 is 0.944 bits per heavy atom. The van der Waals surface area contributed by atoms with Crippen LogP contribution >= 0.6 is 0 Å². The lowest BCUT2D eigenvalue weighted by molar-refractivity contribution is -0.131. The third kappa shape index (κ3) is 5.21. The normalized spacial score (nSPS) is 15.3. The predicted molar refractivity (Wildman–Crippen MR) is 134 cm³/mol. The Balaban J connectivity index is 1.42. The summed E-state index contributed by atoms with van der Waals surface area (Å²) in [7, 11) is 3.24. The summed E-state index contributed by atoms with van der Waals surface area (Å²) in [5.41, 5.74) is 2.67. The number of carbonyl (C=O) groups excluding carboxylic acids is 1. The van der Waals surface area contributed by atoms with Crippen LogP contribution in [-0.2, 0) is 28.9 Å². The van der Waals surface area contributed by atoms with Gasteiger partial charge in [-0.15, -0.1) is 0 Å². The maximum atomic E-state index is 13.2. The van der Waals surface area contributed by atoms with Gasteiger partial charge in [0, 0.05) is 26.1 Å². The van der Waals surface area contributed by atoms with Crippen LogP contribution in [0.15, 0.2) is 48.5 Å². The van der Waals surface area contributed by atoms with Gasteiger partial charge in [-0.2, -0.15) is 4.98 Å². The number of carbonyl (C=O) groups is 1. The van der Waals surface area contributed by atoms with Gasteiger partial charge in [0.15, 0.2) is 11.5 Å². The van der Waals surface area contributed by atoms with Crippen molar-refractivity contribution in [2.75, 3.05) is 52.0 Å². The molecule has 9 heteroatoms. The molecule has 0 unspecified atom stereocenters. The number of fused-ring (bicyclic) bond motifs is 1. The zero-order valence-corrected chi connectivity index (χ0v) is 20.6. The third-order valence-corrected chi connectivity index (χ3v) is 6.45. The molecule has 0 saturated carbocycles. The molecule has 0 radical (unpaired) electrons. The Kier molecular flexibility index (Phi) is 7.18. The molecule has 2 aromatic carbocycles. The van der Waals surface area contributed by atoms with Gasteiger partial charge in [-0.3, -0.25) is 4.79 Å². The van der Waals surface area contributed by atoms with Gasteiger partial charge < -0.3 is 28.7 Å². The van der Waals surface area contributed by atoms with E-state index in [-0.39, 0.29) is 5.91 Å². The van der Waals surface area contributed by atoms with Crippen LogP contribution in [0.2, 0.25) is 0 Å². The van der Waals surface area contributed by atoms with E-state index in [1.807, 2.05) is 53.4 Å². The molecule has 188 valence electrons. The SMILES string of the molecule is COc1ccc(CC(=O)N2CCc3nc(N4CCOCC4)nc(Oc4ccccc4OC)c3C2)cc1. The van der Waals surface area contributed by atoms with Gasteiger partial charge >= 0.3 is 0 Å². The summed E-state index contributed by atoms with van der Waals surface area (Å²) in [4.78, 5) is 26.8. The highest BCUT2D eigenvalue weighted by Crippen LogP contribution is 2.35. The zero-order valence-electron chi connectivity index (χ0n) is 20.6. The van der Waals surface area contributed by atoms with Crippen molar-refractivity contribution >= 4 is 11.9 Å². The minimum Gasteiger partial charge on any atom is -0.497 e. The van der Waals surface area contributed by atoms with Crippen molar-refractivity contribution in [2.45, 2.75) is 19.4 Å². The minimum absolute atomic E-state index is 0.0475. The van der Waals surface area contributed by atoms with E-state index in [0.717, 1.165) is 35.7 Å². The first-order chi connectivity index (χ1) is 17.6. The number of morpholine rings is 1. The third-order valence-electron chi connectivity index (χ3n) is 6.45. The lowest BCUT2D eigenvalue weighted by Gasteiger charge is -2.32. The smallest absolute Gasteiger partial charge is 0.229 e. The monoisotopic (exact) mass is 490 g/mol. The van der Waals surface area contributed by atoms with E-state index < -0.39 is 0 Å². The Morgan fingerprint density at radius 3 is 2.42 bits per heavy atom. The quantitative estimate of drug-likeness (QED) is 0.499. The predicted octanol–water partition coefficient (Wildman–Crippen LogP) is 3.25. The van der Waals surface area contributed by atoms with Gasteiger partial charge in [-0.05, 0) is 29.8 Å². The summed E-state index contributed by atoms with van der Waals surface area (Å²) < 4.78 is 22.5. The average Bonchev–Trinajstić information content (AvgIpc) is 2.94. The zero-order chi connectivity index (χ0) is 24.9. The topological polar surface area (TPSA) is 86.3 Å². The van der Waals surface area contributed by atoms with Crippen LogP contribution in [0.3, 0.4) is 0 Å². The lowest BCUT2D eigenvalue weighted by atomic mass is 10.0. The minimum atomic E-state index is 0.0475. The maximum absolute atomic E-state index is 13.2. The molecular formula is C27H30N4O5. The molecule has 36 heavy (non-hydrogen) atoms. The molecule has 3 aromatic rings. The Labute approximate surface area is 210 Å². The molecule has 2 aliphatic rings. The molecule has 2 aliphatic heterocycles. The second-order valence-electron chi connectivity index (χ2n) is 8.70. The van der Waals surface area contributed by atoms with Crippen LogP contribution < -0.4 is 19.1 Å². The van der Waals surface area contributed by atoms with Gasteiger partial charge in [0.25, 0.3) is 0 Å². The average molecular weight is 491 g/mol. The number of aromatic nitrogens is 2. The number of hydrogen-bond donors (Lipinski definition) is 0. The van der Waals surface area contributed by atoms with E-state index in [2.05, 4.69) is 4.90 Å². The maximum Gasteiger partial charge on any atom is 0.229 e. The first-order valence-corrected chi connectivity index (χ1v) is 12.1. The van der Waals surface area contributed by atoms with Crippen LogP contribution in [0.5, 0.6) is 23.1 Å². The number of para-hydroxylation sites is 2. The second kappa shape index (κ2) is 10.8. The van der Waals surface area contributed by atoms with Crippen LogP contribution in [0.1, 0.15) is 16.8 Å². The number of anilines is 1. The summed E-state index contributed by atoms with van der Waals surface area (Å²) in [6, 6.07) is 15.0. The Bertz CT molecular complexity index is 1210. The molecule has 0 spiro atoms. The molecule has 1 saturated heterocycles. The van der Waals surface area contributed by atoms with E-state index in [1.54, 1.807) is 14.2 Å². The fraction of sp³-hybridized carbons (Fsp3) is 0.370. The Morgan fingerprint density at radius 2 is 1.69 bits per heavy atom. The number of benzene rings is 2. The van der Waals surface area contributed by atoms with E-state index in [4.69, 9.17) is 28.9 Å². The van der Waals surface area contributed by atoms with Gasteiger partial charge in [-0.1, -0.05) is 24.3 Å². The van der Waals surface area contributed by atoms with Crippen molar-refractivity contribution in [3.05, 3.63) is 65.4 Å². The highest BCUT2D eigenvalue weighted by molar-refractivity contribution is 5.79. The van der Waals surface area contributed by atoms with E-state index in [1.165, 1.54) is 0 Å². The van der Waals surface area contributed by atoms with Crippen LogP contribution in [-0.4, -0.2) is 67.8 Å². The van der Waals surface area contributed by atoms with Crippen LogP contribution in [0.25, 0.3) is 0 Å². The highest BCUT2D eigenvalue weighted by Gasteiger charge is 2.28. The summed E-state index contributed by atoms with van der Waals surface area (Å²) >= 11 is 0. The molecule has 1 aromatic heterocycles. The Hall–Kier alpha value is -3.85. The first kappa shape index (κ1) is 23.9. The van der Waals surface area contributed by atoms with Crippen LogP contribution in [0.4, 0.5) is 5.95 Å². The van der Waals surface area contributed by atoms with Crippen molar-refractivity contribution in [2.24, 2.45) is 0 Å². The molecule has 1 amide bonds. The molecular weight excluding hydrogens is 460 g/mol. The van der Waals surface area contributed by atoms with E-state index in [9.17, 15) is 4.79 Å². The lowest BCUT2D eigenvalue weighted by Crippen LogP contribution is -2.40. The van der Waals surface area contributed by atoms with Gasteiger partial charge in [0.2, 0.25) is 17.7 Å². The van der Waals surface area contributed by atoms with Crippen molar-refractivity contribution in [1.82, 2.24) is 14.9 Å². The molecule has 0 bridgehead atoms. The fourth-order valence-electron chi connectivity index (χ4n) is 4.41. The second-order valence-corrected chi connectivity index (χ2v) is 8.70. The summed E-state index contributed by atoms with van der Waals surface area (Å²) in [6.45, 7) is 3.69. The molecule has 9 nitrogen and oxygen atoms in total. The largest absolute Gasteiger partial charge is 0.497 e. The van der Waals surface area contributed by atoms with Gasteiger partial charge in [0.1, 0.15) is 5.75 Å². The van der Waals surface area contributed by atoms with Gasteiger partial charge in [0.05, 0.1) is 51.7 Å². The van der Waals surface area contributed by atoms with Crippen LogP contribution in [0, 0.1) is 0 Å². The number of ether oxygens (including phenoxy) is 4. The number of rotatable bonds is 7. The summed E-state index contributed by atoms with van der Waals surface area (Å²) in [5, 5.41) is 0. The first-order valence-electron chi connectivity index (χ1n) is 12.1. The molecule has 0 aliphatic carbocycles. The summed E-state index contributed by atoms with van der Waals surface area (Å²) in [5.74, 6) is 3.07. The van der Waals surface area contributed by atoms with Crippen molar-refractivity contribution in [3.8, 4) is 23.1 Å². The van der Waals surface area contributed by atoms with E-state index in [0.29, 0.717) is 62.5 Å². The molecule has 0 atom stereocenters. The highest BCUT2D eigenvalue weighted by atomic mass is 16.5. The molecule has 0 N–H and O–H groups in total. The van der Waals surface area contributed by atoms with Crippen molar-refractivity contribution in [1.29, 1.82) is 0 Å². The summed E-state index contributed by atoms with van der Waals surface area (Å²) in [6.07, 6.45) is 0.945. The molecule has 1 fully saturated rings. The van der Waals surface area contributed by atoms with Crippen molar-refractivity contribution < 1.29 is 23.7 Å². The number of nitrogens with zero attached hydrogens (tertiary/aromatic N) is 4. The fourth-order valence-corrected chi connectivity index (χ4v) is 4.41. The number of hydrogen-bond acceptors (Lipinski definition) is 8. The number of methoxy groups -OCH3 is 2. The van der Waals surface area contributed by atoms with Gasteiger partial charge in [-0.25, -0.2) is 4.98 Å². The van der Waals surface area contributed by atoms with E-state index >= 15 is 0 Å². The molecule has 3 heterocycles.